The van der Waals surface area contributed by atoms with Crippen molar-refractivity contribution in [2.75, 3.05) is 24.6 Å². The smallest absolute Gasteiger partial charge is 0.305 e. The van der Waals surface area contributed by atoms with E-state index in [4.69, 9.17) is 5.11 Å². The average Bonchev–Trinajstić information content (AvgIpc) is 2.25. The highest BCUT2D eigenvalue weighted by molar-refractivity contribution is 7.99. The molecular weight excluding hydrogens is 240 g/mol. The van der Waals surface area contributed by atoms with Crippen LogP contribution in [0.4, 0.5) is 0 Å². The van der Waals surface area contributed by atoms with Crippen LogP contribution < -0.4 is 5.32 Å². The van der Waals surface area contributed by atoms with Crippen molar-refractivity contribution in [3.05, 3.63) is 0 Å². The van der Waals surface area contributed by atoms with Gasteiger partial charge in [-0.25, -0.2) is 0 Å². The number of aliphatic carboxylic acids is 1. The van der Waals surface area contributed by atoms with Crippen molar-refractivity contribution in [1.29, 1.82) is 0 Å². The summed E-state index contributed by atoms with van der Waals surface area (Å²) in [6.45, 7) is 4.90. The molecular formula is C11H20N2O3S. The van der Waals surface area contributed by atoms with Gasteiger partial charge in [0.1, 0.15) is 0 Å². The van der Waals surface area contributed by atoms with E-state index in [1.807, 2.05) is 13.8 Å². The number of carboxylic acid groups (broad SMARTS) is 1. The Morgan fingerprint density at radius 2 is 2.24 bits per heavy atom. The molecule has 0 aromatic rings. The Balaban J connectivity index is 2.51. The van der Waals surface area contributed by atoms with Gasteiger partial charge in [-0.2, -0.15) is 11.8 Å². The summed E-state index contributed by atoms with van der Waals surface area (Å²) >= 11 is 1.71. The first-order valence-corrected chi connectivity index (χ1v) is 6.98. The van der Waals surface area contributed by atoms with Gasteiger partial charge in [-0.15, -0.1) is 0 Å². The molecule has 0 radical (unpaired) electrons. The fourth-order valence-corrected chi connectivity index (χ4v) is 2.81. The van der Waals surface area contributed by atoms with Gasteiger partial charge in [-0.05, 0) is 0 Å². The molecule has 5 nitrogen and oxygen atoms in total. The Morgan fingerprint density at radius 3 is 2.82 bits per heavy atom. The van der Waals surface area contributed by atoms with Gasteiger partial charge in [0.05, 0.1) is 19.0 Å². The molecule has 98 valence electrons. The maximum absolute atomic E-state index is 12.0. The molecule has 1 atom stereocenters. The zero-order valence-electron chi connectivity index (χ0n) is 10.3. The van der Waals surface area contributed by atoms with Crippen LogP contribution in [0.5, 0.6) is 0 Å². The third-order valence-corrected chi connectivity index (χ3v) is 3.71. The van der Waals surface area contributed by atoms with Crippen LogP contribution in [0.1, 0.15) is 20.3 Å². The molecule has 2 N–H and O–H groups in total. The van der Waals surface area contributed by atoms with E-state index < -0.39 is 5.97 Å². The molecule has 0 saturated carbocycles. The summed E-state index contributed by atoms with van der Waals surface area (Å²) < 4.78 is 0. The van der Waals surface area contributed by atoms with E-state index >= 15 is 0 Å². The first-order valence-electron chi connectivity index (χ1n) is 5.83. The van der Waals surface area contributed by atoms with Crippen molar-refractivity contribution >= 4 is 23.6 Å². The topological polar surface area (TPSA) is 69.6 Å². The Hall–Kier alpha value is -0.750. The fourth-order valence-electron chi connectivity index (χ4n) is 1.75. The van der Waals surface area contributed by atoms with Gasteiger partial charge in [0, 0.05) is 24.1 Å². The molecule has 0 aromatic carbocycles. The van der Waals surface area contributed by atoms with Crippen molar-refractivity contribution in [1.82, 2.24) is 10.2 Å². The Morgan fingerprint density at radius 1 is 1.53 bits per heavy atom. The quantitative estimate of drug-likeness (QED) is 0.749. The highest BCUT2D eigenvalue weighted by Gasteiger charge is 2.28. The van der Waals surface area contributed by atoms with Gasteiger partial charge < -0.3 is 15.3 Å². The minimum Gasteiger partial charge on any atom is -0.481 e. The Labute approximate surface area is 106 Å². The minimum atomic E-state index is -0.841. The van der Waals surface area contributed by atoms with Crippen molar-refractivity contribution in [2.45, 2.75) is 32.4 Å². The second-order valence-corrected chi connectivity index (χ2v) is 5.60. The first-order chi connectivity index (χ1) is 8.00. The highest BCUT2D eigenvalue weighted by Crippen LogP contribution is 2.18. The lowest BCUT2D eigenvalue weighted by Crippen LogP contribution is -2.50. The van der Waals surface area contributed by atoms with E-state index in [0.29, 0.717) is 13.1 Å². The number of thioether (sulfide) groups is 1. The lowest BCUT2D eigenvalue weighted by atomic mass is 10.2. The van der Waals surface area contributed by atoms with Crippen molar-refractivity contribution in [3.8, 4) is 0 Å². The molecule has 0 aliphatic carbocycles. The second-order valence-electron chi connectivity index (χ2n) is 4.45. The van der Waals surface area contributed by atoms with Gasteiger partial charge in [0.2, 0.25) is 5.91 Å². The third-order valence-electron chi connectivity index (χ3n) is 2.62. The zero-order valence-corrected chi connectivity index (χ0v) is 11.1. The van der Waals surface area contributed by atoms with Crippen LogP contribution in [0.15, 0.2) is 0 Å². The van der Waals surface area contributed by atoms with Crippen LogP contribution in [0.3, 0.4) is 0 Å². The molecule has 0 aromatic heterocycles. The molecule has 1 amide bonds. The predicted octanol–water partition coefficient (Wildman–Crippen LogP) is 0.403. The number of carbonyl (C=O) groups is 2. The van der Waals surface area contributed by atoms with Crippen LogP contribution in [0.25, 0.3) is 0 Å². The highest BCUT2D eigenvalue weighted by atomic mass is 32.2. The SMILES string of the molecule is CC(C)NCC(=O)N1CCSCC1CC(=O)O. The van der Waals surface area contributed by atoms with Gasteiger partial charge in [0.25, 0.3) is 0 Å². The number of rotatable bonds is 5. The monoisotopic (exact) mass is 260 g/mol. The summed E-state index contributed by atoms with van der Waals surface area (Å²) in [5.74, 6) is 0.779. The number of nitrogens with one attached hydrogen (secondary N) is 1. The molecule has 1 heterocycles. The Bertz CT molecular complexity index is 284. The maximum atomic E-state index is 12.0. The number of carbonyl (C=O) groups excluding carboxylic acids is 1. The average molecular weight is 260 g/mol. The molecule has 1 rings (SSSR count). The maximum Gasteiger partial charge on any atom is 0.305 e. The lowest BCUT2D eigenvalue weighted by Gasteiger charge is -2.34. The molecule has 17 heavy (non-hydrogen) atoms. The molecule has 0 spiro atoms. The summed E-state index contributed by atoms with van der Waals surface area (Å²) in [6.07, 6.45) is 0.0421. The van der Waals surface area contributed by atoms with E-state index in [-0.39, 0.29) is 24.4 Å². The van der Waals surface area contributed by atoms with E-state index in [1.54, 1.807) is 16.7 Å². The van der Waals surface area contributed by atoms with Gasteiger partial charge >= 0.3 is 5.97 Å². The normalized spacial score (nSPS) is 20.6. The summed E-state index contributed by atoms with van der Waals surface area (Å²) in [5, 5.41) is 11.9. The van der Waals surface area contributed by atoms with Crippen molar-refractivity contribution in [3.63, 3.8) is 0 Å². The zero-order chi connectivity index (χ0) is 12.8. The van der Waals surface area contributed by atoms with Crippen LogP contribution in [-0.2, 0) is 9.59 Å². The van der Waals surface area contributed by atoms with Gasteiger partial charge in [-0.1, -0.05) is 13.8 Å². The van der Waals surface area contributed by atoms with Crippen LogP contribution in [-0.4, -0.2) is 58.6 Å². The molecule has 1 aliphatic rings. The first kappa shape index (κ1) is 14.3. The second kappa shape index (κ2) is 6.86. The third kappa shape index (κ3) is 4.95. The largest absolute Gasteiger partial charge is 0.481 e. The number of nitrogens with zero attached hydrogens (tertiary/aromatic N) is 1. The lowest BCUT2D eigenvalue weighted by molar-refractivity contribution is -0.140. The van der Waals surface area contributed by atoms with Crippen molar-refractivity contribution in [2.24, 2.45) is 0 Å². The number of carboxylic acids is 1. The number of hydrogen-bond donors (Lipinski definition) is 2. The van der Waals surface area contributed by atoms with Crippen LogP contribution in [0.2, 0.25) is 0 Å². The molecule has 0 bridgehead atoms. The van der Waals surface area contributed by atoms with Gasteiger partial charge in [-0.3, -0.25) is 9.59 Å². The molecule has 1 unspecified atom stereocenters. The van der Waals surface area contributed by atoms with Crippen molar-refractivity contribution < 1.29 is 14.7 Å². The molecule has 1 aliphatic heterocycles. The molecule has 1 fully saturated rings. The molecule has 1 saturated heterocycles. The van der Waals surface area contributed by atoms with Crippen LogP contribution in [0, 0.1) is 0 Å². The fraction of sp³-hybridized carbons (Fsp3) is 0.818. The predicted molar refractivity (Wildman–Crippen MR) is 68.2 cm³/mol. The van der Waals surface area contributed by atoms with E-state index in [2.05, 4.69) is 5.32 Å². The summed E-state index contributed by atoms with van der Waals surface area (Å²) in [5.41, 5.74) is 0. The summed E-state index contributed by atoms with van der Waals surface area (Å²) in [7, 11) is 0. The van der Waals surface area contributed by atoms with Crippen LogP contribution >= 0.6 is 11.8 Å². The Kier molecular flexibility index (Phi) is 5.77. The standard InChI is InChI=1S/C11H20N2O3S/c1-8(2)12-6-10(14)13-3-4-17-7-9(13)5-11(15)16/h8-9,12H,3-7H2,1-2H3,(H,15,16). The van der Waals surface area contributed by atoms with E-state index in [9.17, 15) is 9.59 Å². The van der Waals surface area contributed by atoms with E-state index in [1.165, 1.54) is 0 Å². The molecule has 6 heteroatoms. The summed E-state index contributed by atoms with van der Waals surface area (Å²) in [6, 6.07) is 0.101. The number of hydrogen-bond acceptors (Lipinski definition) is 4. The number of amides is 1. The van der Waals surface area contributed by atoms with E-state index in [0.717, 1.165) is 11.5 Å². The summed E-state index contributed by atoms with van der Waals surface area (Å²) in [4.78, 5) is 24.4. The minimum absolute atomic E-state index is 0.00486. The van der Waals surface area contributed by atoms with Gasteiger partial charge in [0.15, 0.2) is 0 Å².